The molecule has 0 radical (unpaired) electrons. The Labute approximate surface area is 179 Å². The van der Waals surface area contributed by atoms with E-state index in [2.05, 4.69) is 10.6 Å². The average Bonchev–Trinajstić information content (AvgIpc) is 2.81. The molecule has 7 nitrogen and oxygen atoms in total. The van der Waals surface area contributed by atoms with Crippen LogP contribution in [0.25, 0.3) is 10.8 Å². The minimum Gasteiger partial charge on any atom is -0.456 e. The lowest BCUT2D eigenvalue weighted by molar-refractivity contribution is -0.141. The zero-order valence-corrected chi connectivity index (χ0v) is 17.0. The number of carbonyl (C=O) groups excluding carboxylic acids is 4. The monoisotopic (exact) mass is 418 g/mol. The predicted octanol–water partition coefficient (Wildman–Crippen LogP) is 3.34. The Kier molecular flexibility index (Phi) is 7.11. The van der Waals surface area contributed by atoms with Gasteiger partial charge in [0.1, 0.15) is 6.54 Å². The Morgan fingerprint density at radius 1 is 0.839 bits per heavy atom. The van der Waals surface area contributed by atoms with Crippen LogP contribution in [0.15, 0.2) is 66.7 Å². The number of hydrogen-bond acceptors (Lipinski definition) is 5. The highest BCUT2D eigenvalue weighted by Crippen LogP contribution is 2.15. The van der Waals surface area contributed by atoms with Crippen molar-refractivity contribution in [1.82, 2.24) is 5.32 Å². The molecule has 0 saturated carbocycles. The van der Waals surface area contributed by atoms with Crippen LogP contribution < -0.4 is 10.6 Å². The summed E-state index contributed by atoms with van der Waals surface area (Å²) in [6, 6.07) is 19.2. The third-order valence-corrected chi connectivity index (χ3v) is 4.58. The average molecular weight is 418 g/mol. The van der Waals surface area contributed by atoms with Crippen molar-refractivity contribution in [2.45, 2.75) is 13.3 Å². The molecule has 7 heteroatoms. The third kappa shape index (κ3) is 5.99. The SMILES string of the molecule is CCC(=O)Nc1ccc(C(=O)COC(=O)CNC(=O)c2ccc3ccccc3c2)cc1. The van der Waals surface area contributed by atoms with Gasteiger partial charge in [-0.1, -0.05) is 37.3 Å². The minimum absolute atomic E-state index is 0.126. The molecule has 0 atom stereocenters. The van der Waals surface area contributed by atoms with E-state index in [1.807, 2.05) is 30.3 Å². The summed E-state index contributed by atoms with van der Waals surface area (Å²) in [6.07, 6.45) is 0.355. The van der Waals surface area contributed by atoms with E-state index in [0.717, 1.165) is 10.8 Å². The Bertz CT molecular complexity index is 1120. The summed E-state index contributed by atoms with van der Waals surface area (Å²) >= 11 is 0. The van der Waals surface area contributed by atoms with Gasteiger partial charge in [-0.25, -0.2) is 0 Å². The Morgan fingerprint density at radius 3 is 2.23 bits per heavy atom. The number of anilines is 1. The molecule has 3 aromatic carbocycles. The summed E-state index contributed by atoms with van der Waals surface area (Å²) in [4.78, 5) is 47.7. The fraction of sp³-hybridized carbons (Fsp3) is 0.167. The molecule has 3 rings (SSSR count). The molecule has 31 heavy (non-hydrogen) atoms. The van der Waals surface area contributed by atoms with Gasteiger partial charge in [-0.05, 0) is 47.2 Å². The summed E-state index contributed by atoms with van der Waals surface area (Å²) in [7, 11) is 0. The molecule has 0 aliphatic heterocycles. The van der Waals surface area contributed by atoms with Crippen LogP contribution in [0.2, 0.25) is 0 Å². The van der Waals surface area contributed by atoms with Gasteiger partial charge in [0.25, 0.3) is 5.91 Å². The van der Waals surface area contributed by atoms with Crippen LogP contribution in [-0.2, 0) is 14.3 Å². The molecule has 158 valence electrons. The molecule has 2 amide bonds. The highest BCUT2D eigenvalue weighted by atomic mass is 16.5. The number of Topliss-reactive ketones (excluding diaryl/α,β-unsaturated/α-hetero) is 1. The Hall–Kier alpha value is -4.00. The summed E-state index contributed by atoms with van der Waals surface area (Å²) in [5.41, 5.74) is 1.36. The second-order valence-corrected chi connectivity index (χ2v) is 6.81. The number of nitrogens with one attached hydrogen (secondary N) is 2. The normalized spacial score (nSPS) is 10.4. The van der Waals surface area contributed by atoms with Crippen LogP contribution in [0, 0.1) is 0 Å². The molecule has 0 spiro atoms. The Balaban J connectivity index is 1.46. The first kappa shape index (κ1) is 21.7. The van der Waals surface area contributed by atoms with Gasteiger partial charge in [-0.2, -0.15) is 0 Å². The molecular formula is C24H22N2O5. The first-order valence-electron chi connectivity index (χ1n) is 9.82. The number of benzene rings is 3. The van der Waals surface area contributed by atoms with E-state index < -0.39 is 18.5 Å². The van der Waals surface area contributed by atoms with Crippen LogP contribution in [0.5, 0.6) is 0 Å². The second-order valence-electron chi connectivity index (χ2n) is 6.81. The summed E-state index contributed by atoms with van der Waals surface area (Å²) < 4.78 is 4.95. The highest BCUT2D eigenvalue weighted by Gasteiger charge is 2.13. The van der Waals surface area contributed by atoms with Crippen molar-refractivity contribution in [2.24, 2.45) is 0 Å². The predicted molar refractivity (Wildman–Crippen MR) is 117 cm³/mol. The highest BCUT2D eigenvalue weighted by molar-refractivity contribution is 6.01. The van der Waals surface area contributed by atoms with Gasteiger partial charge in [-0.15, -0.1) is 0 Å². The van der Waals surface area contributed by atoms with E-state index >= 15 is 0 Å². The number of hydrogen-bond donors (Lipinski definition) is 2. The van der Waals surface area contributed by atoms with Gasteiger partial charge in [0.05, 0.1) is 0 Å². The second kappa shape index (κ2) is 10.2. The van der Waals surface area contributed by atoms with Gasteiger partial charge in [0.15, 0.2) is 12.4 Å². The molecular weight excluding hydrogens is 396 g/mol. The van der Waals surface area contributed by atoms with Gasteiger partial charge in [0.2, 0.25) is 5.91 Å². The van der Waals surface area contributed by atoms with E-state index in [-0.39, 0.29) is 18.2 Å². The van der Waals surface area contributed by atoms with Crippen molar-refractivity contribution < 1.29 is 23.9 Å². The molecule has 2 N–H and O–H groups in total. The van der Waals surface area contributed by atoms with Crippen molar-refractivity contribution in [1.29, 1.82) is 0 Å². The third-order valence-electron chi connectivity index (χ3n) is 4.58. The lowest BCUT2D eigenvalue weighted by Crippen LogP contribution is -2.31. The van der Waals surface area contributed by atoms with Crippen molar-refractivity contribution >= 4 is 40.0 Å². The zero-order valence-electron chi connectivity index (χ0n) is 17.0. The molecule has 0 unspecified atom stereocenters. The van der Waals surface area contributed by atoms with Gasteiger partial charge in [-0.3, -0.25) is 19.2 Å². The number of ketones is 1. The maximum absolute atomic E-state index is 12.3. The van der Waals surface area contributed by atoms with Gasteiger partial charge < -0.3 is 15.4 Å². The number of fused-ring (bicyclic) bond motifs is 1. The molecule has 0 bridgehead atoms. The van der Waals surface area contributed by atoms with Crippen molar-refractivity contribution in [3.05, 3.63) is 77.9 Å². The topological polar surface area (TPSA) is 102 Å². The van der Waals surface area contributed by atoms with Crippen LogP contribution in [0.4, 0.5) is 5.69 Å². The molecule has 3 aromatic rings. The van der Waals surface area contributed by atoms with E-state index in [0.29, 0.717) is 23.2 Å². The molecule has 0 aliphatic carbocycles. The van der Waals surface area contributed by atoms with Gasteiger partial charge >= 0.3 is 5.97 Å². The summed E-state index contributed by atoms with van der Waals surface area (Å²) in [6.45, 7) is 0.956. The minimum atomic E-state index is -0.714. The maximum Gasteiger partial charge on any atom is 0.325 e. The molecule has 0 saturated heterocycles. The molecule has 0 aromatic heterocycles. The first-order valence-corrected chi connectivity index (χ1v) is 9.82. The number of ether oxygens (including phenoxy) is 1. The maximum atomic E-state index is 12.3. The van der Waals surface area contributed by atoms with E-state index in [4.69, 9.17) is 4.74 Å². The fourth-order valence-electron chi connectivity index (χ4n) is 2.85. The smallest absolute Gasteiger partial charge is 0.325 e. The van der Waals surface area contributed by atoms with E-state index in [1.54, 1.807) is 43.3 Å². The fourth-order valence-corrected chi connectivity index (χ4v) is 2.85. The van der Waals surface area contributed by atoms with E-state index in [1.165, 1.54) is 0 Å². The quantitative estimate of drug-likeness (QED) is 0.432. The van der Waals surface area contributed by atoms with Crippen molar-refractivity contribution in [3.63, 3.8) is 0 Å². The lowest BCUT2D eigenvalue weighted by atomic mass is 10.1. The van der Waals surface area contributed by atoms with Crippen molar-refractivity contribution in [3.8, 4) is 0 Å². The van der Waals surface area contributed by atoms with Gasteiger partial charge in [0, 0.05) is 23.2 Å². The van der Waals surface area contributed by atoms with E-state index in [9.17, 15) is 19.2 Å². The first-order chi connectivity index (χ1) is 15.0. The summed E-state index contributed by atoms with van der Waals surface area (Å²) in [5, 5.41) is 7.11. The Morgan fingerprint density at radius 2 is 1.52 bits per heavy atom. The van der Waals surface area contributed by atoms with Crippen LogP contribution in [0.3, 0.4) is 0 Å². The summed E-state index contributed by atoms with van der Waals surface area (Å²) in [5.74, 6) is -1.63. The van der Waals surface area contributed by atoms with Crippen LogP contribution >= 0.6 is 0 Å². The lowest BCUT2D eigenvalue weighted by Gasteiger charge is -2.08. The number of rotatable bonds is 8. The number of esters is 1. The van der Waals surface area contributed by atoms with Crippen LogP contribution in [0.1, 0.15) is 34.1 Å². The van der Waals surface area contributed by atoms with Crippen molar-refractivity contribution in [2.75, 3.05) is 18.5 Å². The standard InChI is InChI=1S/C24H22N2O5/c1-2-22(28)26-20-11-9-17(10-12-20)21(27)15-31-23(29)14-25-24(30)19-8-7-16-5-3-4-6-18(16)13-19/h3-13H,2,14-15H2,1H3,(H,25,30)(H,26,28). The zero-order chi connectivity index (χ0) is 22.2. The molecule has 0 fully saturated rings. The number of carbonyl (C=O) groups is 4. The number of amides is 2. The largest absolute Gasteiger partial charge is 0.456 e. The van der Waals surface area contributed by atoms with Crippen LogP contribution in [-0.4, -0.2) is 36.7 Å². The molecule has 0 aliphatic rings. The molecule has 0 heterocycles.